The number of para-hydroxylation sites is 1. The summed E-state index contributed by atoms with van der Waals surface area (Å²) < 4.78 is 0. The van der Waals surface area contributed by atoms with E-state index in [4.69, 9.17) is 11.6 Å². The molecule has 0 fully saturated rings. The van der Waals surface area contributed by atoms with E-state index in [1.165, 1.54) is 5.56 Å². The SMILES string of the molecule is CC(C)Cc1ccc([C@H](C)C(=O)Nc2ccc(C(=O)Nc3ccccc3Cl)cc2)cc1. The van der Waals surface area contributed by atoms with Crippen molar-refractivity contribution in [2.45, 2.75) is 33.1 Å². The molecule has 0 heterocycles. The summed E-state index contributed by atoms with van der Waals surface area (Å²) in [5, 5.41) is 6.18. The minimum absolute atomic E-state index is 0.0927. The van der Waals surface area contributed by atoms with E-state index in [1.807, 2.05) is 19.1 Å². The van der Waals surface area contributed by atoms with Crippen molar-refractivity contribution in [3.8, 4) is 0 Å². The molecule has 31 heavy (non-hydrogen) atoms. The molecule has 0 aliphatic heterocycles. The summed E-state index contributed by atoms with van der Waals surface area (Å²) in [6.45, 7) is 6.27. The third kappa shape index (κ3) is 6.19. The molecule has 0 saturated heterocycles. The van der Waals surface area contributed by atoms with Gasteiger partial charge in [-0.2, -0.15) is 0 Å². The first-order valence-corrected chi connectivity index (χ1v) is 10.8. The number of anilines is 2. The molecule has 0 aliphatic carbocycles. The first-order valence-electron chi connectivity index (χ1n) is 10.4. The summed E-state index contributed by atoms with van der Waals surface area (Å²) >= 11 is 6.09. The highest BCUT2D eigenvalue weighted by atomic mass is 35.5. The average molecular weight is 435 g/mol. The van der Waals surface area contributed by atoms with Crippen LogP contribution in [-0.2, 0) is 11.2 Å². The first kappa shape index (κ1) is 22.6. The van der Waals surface area contributed by atoms with E-state index in [2.05, 4.69) is 36.6 Å². The Bertz CT molecular complexity index is 1040. The Hall–Kier alpha value is -3.11. The van der Waals surface area contributed by atoms with E-state index in [9.17, 15) is 9.59 Å². The second-order valence-electron chi connectivity index (χ2n) is 8.06. The second kappa shape index (κ2) is 10.3. The van der Waals surface area contributed by atoms with Crippen LogP contribution in [0.5, 0.6) is 0 Å². The standard InChI is InChI=1S/C26H27ClN2O2/c1-17(2)16-19-8-10-20(11-9-19)18(3)25(30)28-22-14-12-21(13-15-22)26(31)29-24-7-5-4-6-23(24)27/h4-15,17-18H,16H2,1-3H3,(H,28,30)(H,29,31)/t18-/m0/s1. The molecule has 1 atom stereocenters. The van der Waals surface area contributed by atoms with Crippen molar-refractivity contribution in [2.24, 2.45) is 5.92 Å². The monoisotopic (exact) mass is 434 g/mol. The van der Waals surface area contributed by atoms with Gasteiger partial charge in [0.25, 0.3) is 5.91 Å². The maximum atomic E-state index is 12.7. The fourth-order valence-corrected chi connectivity index (χ4v) is 3.46. The third-order valence-corrected chi connectivity index (χ3v) is 5.38. The van der Waals surface area contributed by atoms with Crippen molar-refractivity contribution in [1.82, 2.24) is 0 Å². The van der Waals surface area contributed by atoms with Crippen molar-refractivity contribution in [3.05, 3.63) is 94.5 Å². The molecule has 3 rings (SSSR count). The van der Waals surface area contributed by atoms with E-state index in [0.29, 0.717) is 27.9 Å². The number of carbonyl (C=O) groups excluding carboxylic acids is 2. The highest BCUT2D eigenvalue weighted by molar-refractivity contribution is 6.33. The Morgan fingerprint density at radius 1 is 0.839 bits per heavy atom. The van der Waals surface area contributed by atoms with Crippen molar-refractivity contribution in [2.75, 3.05) is 10.6 Å². The largest absolute Gasteiger partial charge is 0.326 e. The Morgan fingerprint density at radius 2 is 1.48 bits per heavy atom. The zero-order chi connectivity index (χ0) is 22.4. The Morgan fingerprint density at radius 3 is 2.10 bits per heavy atom. The van der Waals surface area contributed by atoms with Crippen LogP contribution in [0.1, 0.15) is 48.2 Å². The van der Waals surface area contributed by atoms with E-state index >= 15 is 0 Å². The van der Waals surface area contributed by atoms with E-state index < -0.39 is 0 Å². The van der Waals surface area contributed by atoms with Crippen LogP contribution in [0.4, 0.5) is 11.4 Å². The molecule has 4 nitrogen and oxygen atoms in total. The molecule has 0 saturated carbocycles. The molecular formula is C26H27ClN2O2. The van der Waals surface area contributed by atoms with Gasteiger partial charge in [-0.05, 0) is 66.8 Å². The molecular weight excluding hydrogens is 408 g/mol. The van der Waals surface area contributed by atoms with Crippen LogP contribution < -0.4 is 10.6 Å². The normalized spacial score (nSPS) is 11.8. The molecule has 5 heteroatoms. The van der Waals surface area contributed by atoms with Crippen LogP contribution in [0, 0.1) is 5.92 Å². The van der Waals surface area contributed by atoms with Crippen molar-refractivity contribution in [3.63, 3.8) is 0 Å². The molecule has 3 aromatic carbocycles. The molecule has 3 aromatic rings. The zero-order valence-corrected chi connectivity index (χ0v) is 18.7. The van der Waals surface area contributed by atoms with Crippen LogP contribution in [0.3, 0.4) is 0 Å². The summed E-state index contributed by atoms with van der Waals surface area (Å²) in [4.78, 5) is 25.1. The minimum atomic E-state index is -0.281. The summed E-state index contributed by atoms with van der Waals surface area (Å²) in [6, 6.07) is 22.1. The molecule has 0 unspecified atom stereocenters. The number of hydrogen-bond donors (Lipinski definition) is 2. The number of nitrogens with one attached hydrogen (secondary N) is 2. The molecule has 160 valence electrons. The quantitative estimate of drug-likeness (QED) is 0.444. The number of benzene rings is 3. The molecule has 2 N–H and O–H groups in total. The lowest BCUT2D eigenvalue weighted by atomic mass is 9.96. The average Bonchev–Trinajstić information content (AvgIpc) is 2.75. The van der Waals surface area contributed by atoms with Gasteiger partial charge in [0.15, 0.2) is 0 Å². The lowest BCUT2D eigenvalue weighted by Gasteiger charge is -2.14. The Kier molecular flexibility index (Phi) is 7.48. The summed E-state index contributed by atoms with van der Waals surface area (Å²) in [5.41, 5.74) is 3.92. The number of amides is 2. The molecule has 0 radical (unpaired) electrons. The maximum absolute atomic E-state index is 12.7. The molecule has 0 spiro atoms. The van der Waals surface area contributed by atoms with Gasteiger partial charge in [-0.15, -0.1) is 0 Å². The lowest BCUT2D eigenvalue weighted by Crippen LogP contribution is -2.19. The second-order valence-corrected chi connectivity index (χ2v) is 8.47. The predicted octanol–water partition coefficient (Wildman–Crippen LogP) is 6.53. The van der Waals surface area contributed by atoms with Crippen molar-refractivity contribution < 1.29 is 9.59 Å². The smallest absolute Gasteiger partial charge is 0.255 e. The summed E-state index contributed by atoms with van der Waals surface area (Å²) in [6.07, 6.45) is 1.03. The van der Waals surface area contributed by atoms with Gasteiger partial charge < -0.3 is 10.6 Å². The highest BCUT2D eigenvalue weighted by Crippen LogP contribution is 2.22. The van der Waals surface area contributed by atoms with Gasteiger partial charge >= 0.3 is 0 Å². The molecule has 0 aromatic heterocycles. The van der Waals surface area contributed by atoms with Gasteiger partial charge in [-0.3, -0.25) is 9.59 Å². The highest BCUT2D eigenvalue weighted by Gasteiger charge is 2.16. The van der Waals surface area contributed by atoms with Crippen molar-refractivity contribution in [1.29, 1.82) is 0 Å². The van der Waals surface area contributed by atoms with Crippen LogP contribution in [0.15, 0.2) is 72.8 Å². The van der Waals surface area contributed by atoms with Crippen LogP contribution in [0.2, 0.25) is 5.02 Å². The number of carbonyl (C=O) groups is 2. The van der Waals surface area contributed by atoms with Gasteiger partial charge in [0.2, 0.25) is 5.91 Å². The summed E-state index contributed by atoms with van der Waals surface area (Å²) in [7, 11) is 0. The van der Waals surface area contributed by atoms with Crippen LogP contribution in [0.25, 0.3) is 0 Å². The van der Waals surface area contributed by atoms with Crippen LogP contribution in [-0.4, -0.2) is 11.8 Å². The Labute approximate surface area is 188 Å². The van der Waals surface area contributed by atoms with E-state index in [0.717, 1.165) is 12.0 Å². The molecule has 0 aliphatic rings. The maximum Gasteiger partial charge on any atom is 0.255 e. The van der Waals surface area contributed by atoms with Gasteiger partial charge in [-0.25, -0.2) is 0 Å². The van der Waals surface area contributed by atoms with E-state index in [-0.39, 0.29) is 17.7 Å². The number of halogens is 1. The van der Waals surface area contributed by atoms with Crippen molar-refractivity contribution >= 4 is 34.8 Å². The minimum Gasteiger partial charge on any atom is -0.326 e. The fourth-order valence-electron chi connectivity index (χ4n) is 3.28. The topological polar surface area (TPSA) is 58.2 Å². The molecule has 0 bridgehead atoms. The fraction of sp³-hybridized carbons (Fsp3) is 0.231. The van der Waals surface area contributed by atoms with Gasteiger partial charge in [-0.1, -0.05) is 61.8 Å². The van der Waals surface area contributed by atoms with Gasteiger partial charge in [0.05, 0.1) is 16.6 Å². The Balaban J connectivity index is 1.60. The molecule has 2 amide bonds. The first-order chi connectivity index (χ1) is 14.8. The van der Waals surface area contributed by atoms with Crippen LogP contribution >= 0.6 is 11.6 Å². The van der Waals surface area contributed by atoms with Gasteiger partial charge in [0.1, 0.15) is 0 Å². The lowest BCUT2D eigenvalue weighted by molar-refractivity contribution is -0.117. The summed E-state index contributed by atoms with van der Waals surface area (Å²) in [5.74, 6) is -0.0386. The zero-order valence-electron chi connectivity index (χ0n) is 18.0. The van der Waals surface area contributed by atoms with Gasteiger partial charge in [0, 0.05) is 11.3 Å². The number of rotatable bonds is 7. The van der Waals surface area contributed by atoms with E-state index in [1.54, 1.807) is 48.5 Å². The predicted molar refractivity (Wildman–Crippen MR) is 128 cm³/mol. The number of hydrogen-bond acceptors (Lipinski definition) is 2. The third-order valence-electron chi connectivity index (χ3n) is 5.05.